The molecule has 12 heavy (non-hydrogen) atoms. The second-order valence-electron chi connectivity index (χ2n) is 4.58. The Balaban J connectivity index is 2.01. The van der Waals surface area contributed by atoms with Gasteiger partial charge in [0, 0.05) is 6.61 Å². The molecule has 0 saturated heterocycles. The maximum absolute atomic E-state index is 8.97. The molecule has 0 aromatic heterocycles. The molecule has 0 heterocycles. The van der Waals surface area contributed by atoms with Gasteiger partial charge in [0.2, 0.25) is 0 Å². The molecule has 0 aromatic rings. The lowest BCUT2D eigenvalue weighted by Crippen LogP contribution is -2.22. The summed E-state index contributed by atoms with van der Waals surface area (Å²) in [5.41, 5.74) is 0. The summed E-state index contributed by atoms with van der Waals surface area (Å²) in [6.07, 6.45) is 6.81. The van der Waals surface area contributed by atoms with Crippen molar-refractivity contribution in [3.05, 3.63) is 0 Å². The van der Waals surface area contributed by atoms with Crippen molar-refractivity contribution in [3.8, 4) is 0 Å². The molecule has 4 unspecified atom stereocenters. The van der Waals surface area contributed by atoms with Crippen molar-refractivity contribution >= 4 is 0 Å². The zero-order valence-corrected chi connectivity index (χ0v) is 8.00. The summed E-state index contributed by atoms with van der Waals surface area (Å²) in [6, 6.07) is 0. The van der Waals surface area contributed by atoms with E-state index in [9.17, 15) is 0 Å². The minimum atomic E-state index is 0.407. The molecule has 2 fully saturated rings. The van der Waals surface area contributed by atoms with Gasteiger partial charge in [0.25, 0.3) is 0 Å². The Hall–Kier alpha value is -0.0400. The van der Waals surface area contributed by atoms with Crippen molar-refractivity contribution in [3.63, 3.8) is 0 Å². The van der Waals surface area contributed by atoms with E-state index in [2.05, 4.69) is 6.92 Å². The van der Waals surface area contributed by atoms with E-state index < -0.39 is 0 Å². The first-order valence-electron chi connectivity index (χ1n) is 5.47. The lowest BCUT2D eigenvalue weighted by atomic mass is 9.76. The minimum Gasteiger partial charge on any atom is -0.396 e. The molecule has 2 saturated carbocycles. The van der Waals surface area contributed by atoms with Gasteiger partial charge in [-0.3, -0.25) is 0 Å². The molecule has 0 aliphatic heterocycles. The lowest BCUT2D eigenvalue weighted by Gasteiger charge is -2.29. The first-order valence-corrected chi connectivity index (χ1v) is 5.47. The Labute approximate surface area is 75.2 Å². The second kappa shape index (κ2) is 3.37. The van der Waals surface area contributed by atoms with Crippen molar-refractivity contribution in [2.75, 3.05) is 6.61 Å². The molecule has 4 atom stereocenters. The van der Waals surface area contributed by atoms with Crippen LogP contribution in [-0.4, -0.2) is 11.7 Å². The molecule has 2 bridgehead atoms. The highest BCUT2D eigenvalue weighted by Crippen LogP contribution is 2.54. The Morgan fingerprint density at radius 2 is 1.83 bits per heavy atom. The van der Waals surface area contributed by atoms with E-state index in [4.69, 9.17) is 5.11 Å². The Morgan fingerprint density at radius 3 is 2.42 bits per heavy atom. The van der Waals surface area contributed by atoms with Gasteiger partial charge in [-0.2, -0.15) is 0 Å². The average molecular weight is 168 g/mol. The molecule has 2 aliphatic carbocycles. The fourth-order valence-electron chi connectivity index (χ4n) is 3.76. The SMILES string of the molecule is CCC1C2CCC(C2)C1CCO. The maximum Gasteiger partial charge on any atom is 0.0433 e. The third kappa shape index (κ3) is 1.19. The largest absolute Gasteiger partial charge is 0.396 e. The van der Waals surface area contributed by atoms with E-state index in [-0.39, 0.29) is 0 Å². The quantitative estimate of drug-likeness (QED) is 0.686. The summed E-state index contributed by atoms with van der Waals surface area (Å²) in [6.45, 7) is 2.72. The van der Waals surface area contributed by atoms with E-state index in [1.54, 1.807) is 0 Å². The fourth-order valence-corrected chi connectivity index (χ4v) is 3.76. The summed E-state index contributed by atoms with van der Waals surface area (Å²) < 4.78 is 0. The van der Waals surface area contributed by atoms with Crippen LogP contribution in [0.2, 0.25) is 0 Å². The molecule has 0 radical (unpaired) electrons. The topological polar surface area (TPSA) is 20.2 Å². The number of fused-ring (bicyclic) bond motifs is 2. The smallest absolute Gasteiger partial charge is 0.0433 e. The van der Waals surface area contributed by atoms with Crippen molar-refractivity contribution < 1.29 is 5.11 Å². The van der Waals surface area contributed by atoms with Crippen molar-refractivity contribution in [1.29, 1.82) is 0 Å². The van der Waals surface area contributed by atoms with Gasteiger partial charge in [-0.25, -0.2) is 0 Å². The molecule has 0 amide bonds. The van der Waals surface area contributed by atoms with Crippen molar-refractivity contribution in [2.45, 2.75) is 39.0 Å². The second-order valence-corrected chi connectivity index (χ2v) is 4.58. The lowest BCUT2D eigenvalue weighted by molar-refractivity contribution is 0.162. The molecule has 2 aliphatic rings. The summed E-state index contributed by atoms with van der Waals surface area (Å²) in [5.74, 6) is 3.83. The van der Waals surface area contributed by atoms with Crippen LogP contribution in [0.4, 0.5) is 0 Å². The fraction of sp³-hybridized carbons (Fsp3) is 1.00. The van der Waals surface area contributed by atoms with Crippen LogP contribution in [0.3, 0.4) is 0 Å². The first-order chi connectivity index (χ1) is 5.86. The van der Waals surface area contributed by atoms with Crippen LogP contribution in [-0.2, 0) is 0 Å². The summed E-state index contributed by atoms with van der Waals surface area (Å²) in [4.78, 5) is 0. The van der Waals surface area contributed by atoms with Crippen LogP contribution in [0.15, 0.2) is 0 Å². The Kier molecular flexibility index (Phi) is 2.40. The number of rotatable bonds is 3. The molecule has 1 heteroatoms. The van der Waals surface area contributed by atoms with Gasteiger partial charge < -0.3 is 5.11 Å². The number of hydrogen-bond donors (Lipinski definition) is 1. The van der Waals surface area contributed by atoms with Crippen molar-refractivity contribution in [2.24, 2.45) is 23.7 Å². The predicted octanol–water partition coefficient (Wildman–Crippen LogP) is 2.44. The molecule has 70 valence electrons. The van der Waals surface area contributed by atoms with E-state index in [1.165, 1.54) is 25.7 Å². The van der Waals surface area contributed by atoms with Crippen LogP contribution in [0, 0.1) is 23.7 Å². The van der Waals surface area contributed by atoms with Crippen LogP contribution in [0.5, 0.6) is 0 Å². The van der Waals surface area contributed by atoms with Gasteiger partial charge in [-0.1, -0.05) is 13.3 Å². The van der Waals surface area contributed by atoms with Crippen LogP contribution >= 0.6 is 0 Å². The predicted molar refractivity (Wildman–Crippen MR) is 49.8 cm³/mol. The highest BCUT2D eigenvalue weighted by atomic mass is 16.3. The summed E-state index contributed by atoms with van der Waals surface area (Å²) in [7, 11) is 0. The highest BCUT2D eigenvalue weighted by molar-refractivity contribution is 4.95. The average Bonchev–Trinajstić information content (AvgIpc) is 2.64. The molecule has 1 N–H and O–H groups in total. The van der Waals surface area contributed by atoms with Crippen LogP contribution in [0.25, 0.3) is 0 Å². The molecular weight excluding hydrogens is 148 g/mol. The Morgan fingerprint density at radius 1 is 1.17 bits per heavy atom. The van der Waals surface area contributed by atoms with Gasteiger partial charge in [-0.15, -0.1) is 0 Å². The number of hydrogen-bond acceptors (Lipinski definition) is 1. The van der Waals surface area contributed by atoms with E-state index in [1.807, 2.05) is 0 Å². The molecule has 0 spiro atoms. The standard InChI is InChI=1S/C11H20O/c1-2-10-8-3-4-9(7-8)11(10)5-6-12/h8-12H,2-7H2,1H3. The first kappa shape index (κ1) is 8.55. The number of aliphatic hydroxyl groups is 1. The van der Waals surface area contributed by atoms with Gasteiger partial charge in [-0.05, 0) is 49.4 Å². The van der Waals surface area contributed by atoms with E-state index in [0.717, 1.165) is 30.1 Å². The van der Waals surface area contributed by atoms with Crippen LogP contribution in [0.1, 0.15) is 39.0 Å². The molecule has 2 rings (SSSR count). The zero-order chi connectivity index (χ0) is 8.55. The van der Waals surface area contributed by atoms with E-state index >= 15 is 0 Å². The zero-order valence-electron chi connectivity index (χ0n) is 8.00. The number of aliphatic hydroxyl groups excluding tert-OH is 1. The summed E-state index contributed by atoms with van der Waals surface area (Å²) in [5, 5.41) is 8.97. The minimum absolute atomic E-state index is 0.407. The normalized spacial score (nSPS) is 45.5. The summed E-state index contributed by atoms with van der Waals surface area (Å²) >= 11 is 0. The monoisotopic (exact) mass is 168 g/mol. The van der Waals surface area contributed by atoms with Crippen LogP contribution < -0.4 is 0 Å². The van der Waals surface area contributed by atoms with Gasteiger partial charge in [0.15, 0.2) is 0 Å². The molecule has 1 nitrogen and oxygen atoms in total. The maximum atomic E-state index is 8.97. The third-order valence-corrected chi connectivity index (χ3v) is 4.21. The van der Waals surface area contributed by atoms with Gasteiger partial charge >= 0.3 is 0 Å². The third-order valence-electron chi connectivity index (χ3n) is 4.21. The highest BCUT2D eigenvalue weighted by Gasteiger charge is 2.45. The Bertz CT molecular complexity index is 155. The molecule has 0 aromatic carbocycles. The van der Waals surface area contributed by atoms with Gasteiger partial charge in [0.1, 0.15) is 0 Å². The van der Waals surface area contributed by atoms with Gasteiger partial charge in [0.05, 0.1) is 0 Å². The molecular formula is C11H20O. The van der Waals surface area contributed by atoms with E-state index in [0.29, 0.717) is 6.61 Å². The van der Waals surface area contributed by atoms with Crippen molar-refractivity contribution in [1.82, 2.24) is 0 Å².